The number of benzene rings is 1. The van der Waals surface area contributed by atoms with E-state index in [0.29, 0.717) is 11.6 Å². The fraction of sp³-hybridized carbons (Fsp3) is 0.0909. The van der Waals surface area contributed by atoms with Gasteiger partial charge in [-0.1, -0.05) is 0 Å². The van der Waals surface area contributed by atoms with Gasteiger partial charge in [0.05, 0.1) is 4.47 Å². The number of halogens is 3. The van der Waals surface area contributed by atoms with Gasteiger partial charge in [0, 0.05) is 18.1 Å². The predicted octanol–water partition coefficient (Wildman–Crippen LogP) is 3.58. The third-order valence-corrected chi connectivity index (χ3v) is 2.37. The number of aromatic nitrogens is 2. The highest BCUT2D eigenvalue weighted by Gasteiger charge is 2.04. The maximum absolute atomic E-state index is 11.9. The Kier molecular flexibility index (Phi) is 4.03. The minimum Gasteiger partial charge on any atom is -0.435 e. The lowest BCUT2D eigenvalue weighted by atomic mass is 10.3. The molecule has 0 amide bonds. The average molecular weight is 316 g/mol. The molecule has 0 fully saturated rings. The second-order valence-corrected chi connectivity index (χ2v) is 4.17. The van der Waals surface area contributed by atoms with Crippen LogP contribution in [0.3, 0.4) is 0 Å². The summed E-state index contributed by atoms with van der Waals surface area (Å²) in [4.78, 5) is 8.05. The molecule has 94 valence electrons. The van der Waals surface area contributed by atoms with Crippen LogP contribution < -0.4 is 10.1 Å². The van der Waals surface area contributed by atoms with Crippen LogP contribution in [-0.2, 0) is 0 Å². The van der Waals surface area contributed by atoms with Crippen LogP contribution in [0.25, 0.3) is 0 Å². The Balaban J connectivity index is 2.04. The van der Waals surface area contributed by atoms with Gasteiger partial charge >= 0.3 is 6.61 Å². The van der Waals surface area contributed by atoms with Gasteiger partial charge in [0.25, 0.3) is 0 Å². The van der Waals surface area contributed by atoms with Crippen molar-refractivity contribution in [2.24, 2.45) is 0 Å². The number of nitrogens with zero attached hydrogens (tertiary/aromatic N) is 2. The normalized spacial score (nSPS) is 10.4. The van der Waals surface area contributed by atoms with Crippen LogP contribution in [0.1, 0.15) is 0 Å². The van der Waals surface area contributed by atoms with Crippen molar-refractivity contribution in [2.75, 3.05) is 5.32 Å². The smallest absolute Gasteiger partial charge is 0.387 e. The summed E-state index contributed by atoms with van der Waals surface area (Å²) < 4.78 is 28.9. The molecule has 1 aromatic carbocycles. The van der Waals surface area contributed by atoms with Gasteiger partial charge in [0.15, 0.2) is 0 Å². The number of alkyl halides is 2. The monoisotopic (exact) mass is 315 g/mol. The van der Waals surface area contributed by atoms with Crippen LogP contribution >= 0.6 is 15.9 Å². The van der Waals surface area contributed by atoms with Crippen molar-refractivity contribution in [3.05, 3.63) is 41.1 Å². The van der Waals surface area contributed by atoms with E-state index < -0.39 is 6.61 Å². The fourth-order valence-electron chi connectivity index (χ4n) is 1.23. The van der Waals surface area contributed by atoms with Crippen LogP contribution in [-0.4, -0.2) is 16.6 Å². The van der Waals surface area contributed by atoms with Crippen molar-refractivity contribution in [3.8, 4) is 5.75 Å². The molecule has 0 radical (unpaired) electrons. The number of ether oxygens (including phenoxy) is 1. The van der Waals surface area contributed by atoms with E-state index in [-0.39, 0.29) is 5.75 Å². The number of hydrogen-bond donors (Lipinski definition) is 1. The highest BCUT2D eigenvalue weighted by molar-refractivity contribution is 9.10. The molecule has 4 nitrogen and oxygen atoms in total. The standard InChI is InChI=1S/C11H8BrF2N3O/c12-7-5-15-11(16-6-7)17-8-1-3-9(4-2-8)18-10(13)14/h1-6,10H,(H,15,16,17). The van der Waals surface area contributed by atoms with Crippen molar-refractivity contribution in [3.63, 3.8) is 0 Å². The molecule has 2 rings (SSSR count). The van der Waals surface area contributed by atoms with Gasteiger partial charge < -0.3 is 10.1 Å². The molecular formula is C11H8BrF2N3O. The second kappa shape index (κ2) is 5.72. The summed E-state index contributed by atoms with van der Waals surface area (Å²) in [5, 5.41) is 2.93. The molecule has 0 atom stereocenters. The Bertz CT molecular complexity index is 505. The second-order valence-electron chi connectivity index (χ2n) is 3.25. The number of anilines is 2. The average Bonchev–Trinajstić information content (AvgIpc) is 2.34. The van der Waals surface area contributed by atoms with Crippen molar-refractivity contribution in [1.29, 1.82) is 0 Å². The SMILES string of the molecule is FC(F)Oc1ccc(Nc2ncc(Br)cn2)cc1. The van der Waals surface area contributed by atoms with Crippen LogP contribution in [0.5, 0.6) is 5.75 Å². The van der Waals surface area contributed by atoms with Crippen LogP contribution in [0.15, 0.2) is 41.1 Å². The lowest BCUT2D eigenvalue weighted by Gasteiger charge is -2.07. The topological polar surface area (TPSA) is 47.0 Å². The van der Waals surface area contributed by atoms with Gasteiger partial charge in [-0.25, -0.2) is 9.97 Å². The Morgan fingerprint density at radius 2 is 1.72 bits per heavy atom. The number of rotatable bonds is 4. The van der Waals surface area contributed by atoms with Gasteiger partial charge in [-0.05, 0) is 40.2 Å². The molecule has 0 bridgehead atoms. The third-order valence-electron chi connectivity index (χ3n) is 1.96. The molecule has 0 unspecified atom stereocenters. The summed E-state index contributed by atoms with van der Waals surface area (Å²) in [7, 11) is 0. The zero-order chi connectivity index (χ0) is 13.0. The Hall–Kier alpha value is -1.76. The summed E-state index contributed by atoms with van der Waals surface area (Å²) in [5.41, 5.74) is 0.680. The predicted molar refractivity (Wildman–Crippen MR) is 66.1 cm³/mol. The lowest BCUT2D eigenvalue weighted by molar-refractivity contribution is -0.0498. The van der Waals surface area contributed by atoms with Crippen LogP contribution in [0, 0.1) is 0 Å². The molecule has 0 saturated carbocycles. The van der Waals surface area contributed by atoms with Gasteiger partial charge in [0.2, 0.25) is 5.95 Å². The van der Waals surface area contributed by atoms with E-state index in [0.717, 1.165) is 4.47 Å². The van der Waals surface area contributed by atoms with Crippen LogP contribution in [0.2, 0.25) is 0 Å². The summed E-state index contributed by atoms with van der Waals surface area (Å²) in [6.07, 6.45) is 3.20. The first-order chi connectivity index (χ1) is 8.63. The van der Waals surface area contributed by atoms with E-state index in [1.165, 1.54) is 12.1 Å². The van der Waals surface area contributed by atoms with Crippen LogP contribution in [0.4, 0.5) is 20.4 Å². The molecule has 0 aliphatic carbocycles. The van der Waals surface area contributed by atoms with E-state index in [4.69, 9.17) is 0 Å². The largest absolute Gasteiger partial charge is 0.435 e. The highest BCUT2D eigenvalue weighted by Crippen LogP contribution is 2.19. The number of hydrogen-bond acceptors (Lipinski definition) is 4. The van der Waals surface area contributed by atoms with Gasteiger partial charge in [-0.3, -0.25) is 0 Å². The summed E-state index contributed by atoms with van der Waals surface area (Å²) >= 11 is 3.22. The molecule has 0 aliphatic heterocycles. The van der Waals surface area contributed by atoms with Gasteiger partial charge in [-0.15, -0.1) is 0 Å². The van der Waals surface area contributed by atoms with Crippen molar-refractivity contribution in [1.82, 2.24) is 9.97 Å². The van der Waals surface area contributed by atoms with E-state index >= 15 is 0 Å². The molecule has 0 spiro atoms. The molecule has 1 heterocycles. The fourth-order valence-corrected chi connectivity index (χ4v) is 1.43. The zero-order valence-corrected chi connectivity index (χ0v) is 10.6. The minimum atomic E-state index is -2.82. The molecule has 1 aromatic heterocycles. The highest BCUT2D eigenvalue weighted by atomic mass is 79.9. The first kappa shape index (κ1) is 12.7. The maximum atomic E-state index is 11.9. The van der Waals surface area contributed by atoms with Gasteiger partial charge in [0.1, 0.15) is 5.75 Å². The van der Waals surface area contributed by atoms with E-state index in [9.17, 15) is 8.78 Å². The van der Waals surface area contributed by atoms with E-state index in [2.05, 4.69) is 36.0 Å². The molecule has 7 heteroatoms. The van der Waals surface area contributed by atoms with E-state index in [1.54, 1.807) is 24.5 Å². The summed E-state index contributed by atoms with van der Waals surface area (Å²) in [6, 6.07) is 6.08. The molecular weight excluding hydrogens is 308 g/mol. The molecule has 18 heavy (non-hydrogen) atoms. The molecule has 0 aliphatic rings. The van der Waals surface area contributed by atoms with E-state index in [1.807, 2.05) is 0 Å². The first-order valence-electron chi connectivity index (χ1n) is 4.93. The number of nitrogens with one attached hydrogen (secondary N) is 1. The van der Waals surface area contributed by atoms with Crippen molar-refractivity contribution < 1.29 is 13.5 Å². The van der Waals surface area contributed by atoms with Crippen molar-refractivity contribution >= 4 is 27.6 Å². The lowest BCUT2D eigenvalue weighted by Crippen LogP contribution is -2.02. The Morgan fingerprint density at radius 3 is 2.28 bits per heavy atom. The zero-order valence-electron chi connectivity index (χ0n) is 8.98. The minimum absolute atomic E-state index is 0.104. The Labute approximate surface area is 110 Å². The van der Waals surface area contributed by atoms with Gasteiger partial charge in [-0.2, -0.15) is 8.78 Å². The first-order valence-corrected chi connectivity index (χ1v) is 5.72. The molecule has 0 saturated heterocycles. The maximum Gasteiger partial charge on any atom is 0.387 e. The summed E-state index contributed by atoms with van der Waals surface area (Å²) in [5.74, 6) is 0.521. The summed E-state index contributed by atoms with van der Waals surface area (Å²) in [6.45, 7) is -2.82. The Morgan fingerprint density at radius 1 is 1.11 bits per heavy atom. The molecule has 2 aromatic rings. The quantitative estimate of drug-likeness (QED) is 0.936. The third kappa shape index (κ3) is 3.63. The molecule has 1 N–H and O–H groups in total. The van der Waals surface area contributed by atoms with Crippen molar-refractivity contribution in [2.45, 2.75) is 6.61 Å².